The van der Waals surface area contributed by atoms with Crippen LogP contribution in [0.4, 0.5) is 0 Å². The molecular weight excluding hydrogens is 444 g/mol. The summed E-state index contributed by atoms with van der Waals surface area (Å²) in [6, 6.07) is 16.5. The van der Waals surface area contributed by atoms with Crippen LogP contribution in [0.15, 0.2) is 69.3 Å². The van der Waals surface area contributed by atoms with E-state index in [1.807, 2.05) is 23.5 Å². The molecule has 6 nitrogen and oxygen atoms in total. The van der Waals surface area contributed by atoms with Crippen molar-refractivity contribution in [1.82, 2.24) is 4.90 Å². The van der Waals surface area contributed by atoms with Gasteiger partial charge in [-0.05, 0) is 54.1 Å². The zero-order valence-corrected chi connectivity index (χ0v) is 19.9. The van der Waals surface area contributed by atoms with Crippen molar-refractivity contribution >= 4 is 35.5 Å². The summed E-state index contributed by atoms with van der Waals surface area (Å²) in [6.45, 7) is 4.91. The van der Waals surface area contributed by atoms with E-state index in [0.29, 0.717) is 18.2 Å². The normalized spacial score (nSPS) is 18.8. The Hall–Kier alpha value is -2.26. The molecule has 2 N–H and O–H groups in total. The number of benzene rings is 2. The van der Waals surface area contributed by atoms with E-state index in [1.165, 1.54) is 52.0 Å². The molecule has 0 saturated carbocycles. The number of hydrogen-bond acceptors (Lipinski definition) is 6. The van der Waals surface area contributed by atoms with Crippen LogP contribution in [0.5, 0.6) is 0 Å². The molecule has 2 aliphatic rings. The Bertz CT molecular complexity index is 972. The summed E-state index contributed by atoms with van der Waals surface area (Å²) in [4.78, 5) is 27.6. The topological polar surface area (TPSA) is 85.1 Å². The molecule has 0 bridgehead atoms. The number of likely N-dealkylation sites (N-methyl/N-ethyl adjacent to an activating group) is 1. The number of quaternary nitrogens is 1. The second kappa shape index (κ2) is 11.6. The molecule has 32 heavy (non-hydrogen) atoms. The van der Waals surface area contributed by atoms with Crippen molar-refractivity contribution in [1.29, 1.82) is 0 Å². The zero-order valence-electron chi connectivity index (χ0n) is 18.2. The molecule has 1 fully saturated rings. The van der Waals surface area contributed by atoms with E-state index in [-0.39, 0.29) is 0 Å². The standard InChI is InChI=1S/C20H24N2S2.C4H4O4/c1-21-9-11-22(12-10-21)18-13-15-5-3-4-6-19(15)24-20-8-7-16(23-2)14-17(18)20;5-3(6)1-2-4(7)8/h3-8,14,18H,9-13H2,1-2H3;1-2H,(H,5,6)(H,7,8)/b;2-1-/t18-;/m0./s1. The maximum absolute atomic E-state index is 9.53. The lowest BCUT2D eigenvalue weighted by molar-refractivity contribution is -0.884. The third-order valence-electron chi connectivity index (χ3n) is 5.64. The number of carboxylic acids is 2. The summed E-state index contributed by atoms with van der Waals surface area (Å²) in [7, 11) is 2.31. The average Bonchev–Trinajstić information content (AvgIpc) is 2.95. The molecule has 2 aliphatic heterocycles. The van der Waals surface area contributed by atoms with Gasteiger partial charge in [-0.15, -0.1) is 11.8 Å². The monoisotopic (exact) mass is 472 g/mol. The highest BCUT2D eigenvalue weighted by molar-refractivity contribution is 7.99. The van der Waals surface area contributed by atoms with E-state index >= 15 is 0 Å². The van der Waals surface area contributed by atoms with Crippen LogP contribution >= 0.6 is 23.5 Å². The van der Waals surface area contributed by atoms with Crippen LogP contribution in [0.25, 0.3) is 0 Å². The molecule has 0 spiro atoms. The molecule has 4 rings (SSSR count). The van der Waals surface area contributed by atoms with Gasteiger partial charge >= 0.3 is 5.97 Å². The molecule has 2 aromatic carbocycles. The van der Waals surface area contributed by atoms with Gasteiger partial charge in [0.05, 0.1) is 26.1 Å². The molecule has 0 radical (unpaired) electrons. The van der Waals surface area contributed by atoms with E-state index in [4.69, 9.17) is 5.11 Å². The van der Waals surface area contributed by atoms with Crippen molar-refractivity contribution in [2.24, 2.45) is 0 Å². The molecule has 1 saturated heterocycles. The second-order valence-electron chi connectivity index (χ2n) is 7.82. The number of fused-ring (bicyclic) bond motifs is 2. The fourth-order valence-electron chi connectivity index (χ4n) is 3.90. The number of carbonyl (C=O) groups excluding carboxylic acids is 1. The van der Waals surface area contributed by atoms with Gasteiger partial charge in [0.1, 0.15) is 0 Å². The smallest absolute Gasteiger partial charge is 0.328 e. The molecule has 8 heteroatoms. The minimum absolute atomic E-state index is 0.447. The van der Waals surface area contributed by atoms with Gasteiger partial charge in [-0.1, -0.05) is 30.0 Å². The molecule has 0 unspecified atom stereocenters. The highest BCUT2D eigenvalue weighted by Gasteiger charge is 2.30. The van der Waals surface area contributed by atoms with Gasteiger partial charge in [0.2, 0.25) is 0 Å². The number of thioether (sulfide) groups is 1. The van der Waals surface area contributed by atoms with E-state index in [2.05, 4.69) is 60.7 Å². The van der Waals surface area contributed by atoms with Gasteiger partial charge in [0, 0.05) is 39.9 Å². The first-order valence-corrected chi connectivity index (χ1v) is 12.5. The third-order valence-corrected chi connectivity index (χ3v) is 7.57. The number of hydrogen-bond donors (Lipinski definition) is 2. The number of carboxylic acid groups (broad SMARTS) is 2. The highest BCUT2D eigenvalue weighted by atomic mass is 32.2. The van der Waals surface area contributed by atoms with E-state index in [0.717, 1.165) is 6.42 Å². The van der Waals surface area contributed by atoms with Crippen LogP contribution < -0.4 is 10.0 Å². The molecule has 170 valence electrons. The molecule has 1 atom stereocenters. The first-order chi connectivity index (χ1) is 15.4. The Labute approximate surface area is 197 Å². The van der Waals surface area contributed by atoms with Crippen molar-refractivity contribution in [2.45, 2.75) is 27.1 Å². The SMILES string of the molecule is CSc1ccc2c(c1)[C@@H](N1CC[NH+](C)CC1)Cc1ccccc1S2.O=C([O-])/C=C\C(=O)O. The van der Waals surface area contributed by atoms with Crippen LogP contribution in [-0.4, -0.2) is 61.4 Å². The van der Waals surface area contributed by atoms with Crippen LogP contribution in [-0.2, 0) is 16.0 Å². The maximum Gasteiger partial charge on any atom is 0.328 e. The lowest BCUT2D eigenvalue weighted by atomic mass is 9.96. The molecule has 0 amide bonds. The Morgan fingerprint density at radius 1 is 1.16 bits per heavy atom. The first kappa shape index (κ1) is 24.4. The lowest BCUT2D eigenvalue weighted by Crippen LogP contribution is -3.12. The minimum Gasteiger partial charge on any atom is -0.545 e. The molecule has 0 aromatic heterocycles. The summed E-state index contributed by atoms with van der Waals surface area (Å²) in [5, 5.41) is 17.2. The Kier molecular flexibility index (Phi) is 8.81. The van der Waals surface area contributed by atoms with Crippen LogP contribution in [0.3, 0.4) is 0 Å². The first-order valence-electron chi connectivity index (χ1n) is 10.5. The maximum atomic E-state index is 9.53. The number of rotatable bonds is 4. The number of nitrogens with one attached hydrogen (secondary N) is 1. The van der Waals surface area contributed by atoms with Crippen molar-refractivity contribution in [2.75, 3.05) is 39.5 Å². The van der Waals surface area contributed by atoms with E-state index in [1.54, 1.807) is 4.90 Å². The zero-order chi connectivity index (χ0) is 23.1. The lowest BCUT2D eigenvalue weighted by Gasteiger charge is -2.36. The summed E-state index contributed by atoms with van der Waals surface area (Å²) in [5.74, 6) is -2.80. The predicted octanol–water partition coefficient (Wildman–Crippen LogP) is 1.36. The van der Waals surface area contributed by atoms with Gasteiger partial charge in [-0.2, -0.15) is 0 Å². The molecule has 0 aliphatic carbocycles. The average molecular weight is 473 g/mol. The quantitative estimate of drug-likeness (QED) is 0.514. The molecule has 2 aromatic rings. The Balaban J connectivity index is 0.000000312. The predicted molar refractivity (Wildman–Crippen MR) is 125 cm³/mol. The minimum atomic E-state index is -1.51. The van der Waals surface area contributed by atoms with Crippen molar-refractivity contribution in [3.63, 3.8) is 0 Å². The van der Waals surface area contributed by atoms with Crippen molar-refractivity contribution in [3.8, 4) is 0 Å². The van der Waals surface area contributed by atoms with Crippen molar-refractivity contribution in [3.05, 3.63) is 65.7 Å². The second-order valence-corrected chi connectivity index (χ2v) is 9.78. The Morgan fingerprint density at radius 3 is 2.50 bits per heavy atom. The van der Waals surface area contributed by atoms with Crippen LogP contribution in [0, 0.1) is 0 Å². The van der Waals surface area contributed by atoms with Gasteiger partial charge in [0.25, 0.3) is 0 Å². The number of aliphatic carboxylic acids is 2. The van der Waals surface area contributed by atoms with Gasteiger partial charge in [0.15, 0.2) is 0 Å². The fourth-order valence-corrected chi connectivity index (χ4v) is 5.46. The largest absolute Gasteiger partial charge is 0.545 e. The molecule has 2 heterocycles. The highest BCUT2D eigenvalue weighted by Crippen LogP contribution is 2.43. The number of nitrogens with zero attached hydrogens (tertiary/aromatic N) is 1. The summed E-state index contributed by atoms with van der Waals surface area (Å²) < 4.78 is 0. The molecular formula is C24H28N2O4S2. The van der Waals surface area contributed by atoms with Crippen molar-refractivity contribution < 1.29 is 24.7 Å². The number of carbonyl (C=O) groups is 2. The summed E-state index contributed by atoms with van der Waals surface area (Å²) in [5.41, 5.74) is 3.03. The van der Waals surface area contributed by atoms with Crippen LogP contribution in [0.1, 0.15) is 17.2 Å². The third kappa shape index (κ3) is 6.62. The van der Waals surface area contributed by atoms with Crippen LogP contribution in [0.2, 0.25) is 0 Å². The fraction of sp³-hybridized carbons (Fsp3) is 0.333. The van der Waals surface area contributed by atoms with Gasteiger partial charge < -0.3 is 19.9 Å². The van der Waals surface area contributed by atoms with E-state index in [9.17, 15) is 14.7 Å². The Morgan fingerprint density at radius 2 is 1.88 bits per heavy atom. The summed E-state index contributed by atoms with van der Waals surface area (Å²) >= 11 is 3.80. The summed E-state index contributed by atoms with van der Waals surface area (Å²) in [6.07, 6.45) is 4.25. The number of piperazine rings is 1. The van der Waals surface area contributed by atoms with Gasteiger partial charge in [-0.3, -0.25) is 4.90 Å². The van der Waals surface area contributed by atoms with E-state index < -0.39 is 11.9 Å². The van der Waals surface area contributed by atoms with Gasteiger partial charge in [-0.25, -0.2) is 4.79 Å².